The average molecular weight is 237 g/mol. The zero-order valence-electron chi connectivity index (χ0n) is 7.31. The van der Waals surface area contributed by atoms with Crippen molar-refractivity contribution in [1.82, 2.24) is 0 Å². The minimum absolute atomic E-state index is 0.0445. The third kappa shape index (κ3) is 2.45. The second kappa shape index (κ2) is 3.86. The van der Waals surface area contributed by atoms with Crippen LogP contribution in [-0.4, -0.2) is 18.1 Å². The van der Waals surface area contributed by atoms with E-state index >= 15 is 0 Å². The summed E-state index contributed by atoms with van der Waals surface area (Å²) in [6, 6.07) is 4.25. The minimum atomic E-state index is -4.49. The van der Waals surface area contributed by atoms with E-state index in [1.807, 2.05) is 0 Å². The highest BCUT2D eigenvalue weighted by Gasteiger charge is 2.21. The maximum absolute atomic E-state index is 10.6. The molecule has 0 heterocycles. The van der Waals surface area contributed by atoms with Crippen LogP contribution in [0.3, 0.4) is 0 Å². The van der Waals surface area contributed by atoms with Crippen molar-refractivity contribution < 1.29 is 18.1 Å². The predicted molar refractivity (Wildman–Crippen MR) is 52.7 cm³/mol. The standard InChI is InChI=1S/C8H9ClO4S/c1-5-2-3-6(4-7(5)9)8(10)14(11,12)13/h2-4,8,10H,1H3,(H,11,12,13). The van der Waals surface area contributed by atoms with Crippen molar-refractivity contribution in [3.63, 3.8) is 0 Å². The monoisotopic (exact) mass is 236 g/mol. The summed E-state index contributed by atoms with van der Waals surface area (Å²) in [6.07, 6.45) is 0. The van der Waals surface area contributed by atoms with Crippen molar-refractivity contribution >= 4 is 21.7 Å². The lowest BCUT2D eigenvalue weighted by Gasteiger charge is -2.08. The van der Waals surface area contributed by atoms with Gasteiger partial charge in [-0.1, -0.05) is 23.7 Å². The van der Waals surface area contributed by atoms with Crippen molar-refractivity contribution in [3.8, 4) is 0 Å². The molecule has 14 heavy (non-hydrogen) atoms. The second-order valence-electron chi connectivity index (χ2n) is 2.88. The molecule has 2 N–H and O–H groups in total. The van der Waals surface area contributed by atoms with Gasteiger partial charge in [-0.25, -0.2) is 0 Å². The van der Waals surface area contributed by atoms with E-state index in [0.717, 1.165) is 5.56 Å². The fourth-order valence-electron chi connectivity index (χ4n) is 0.935. The Hall–Kier alpha value is -0.620. The van der Waals surface area contributed by atoms with Crippen LogP contribution in [0, 0.1) is 6.92 Å². The summed E-state index contributed by atoms with van der Waals surface area (Å²) in [4.78, 5) is 0. The Morgan fingerprint density at radius 1 is 1.43 bits per heavy atom. The molecular weight excluding hydrogens is 228 g/mol. The van der Waals surface area contributed by atoms with E-state index in [1.165, 1.54) is 12.1 Å². The molecule has 0 saturated carbocycles. The van der Waals surface area contributed by atoms with E-state index in [2.05, 4.69) is 0 Å². The maximum Gasteiger partial charge on any atom is 0.296 e. The van der Waals surface area contributed by atoms with Crippen LogP contribution in [0.2, 0.25) is 5.02 Å². The number of aliphatic hydroxyl groups excluding tert-OH is 1. The number of aryl methyl sites for hydroxylation is 1. The highest BCUT2D eigenvalue weighted by atomic mass is 35.5. The highest BCUT2D eigenvalue weighted by molar-refractivity contribution is 7.85. The minimum Gasteiger partial charge on any atom is -0.371 e. The molecule has 1 aromatic rings. The van der Waals surface area contributed by atoms with Gasteiger partial charge in [0.25, 0.3) is 10.1 Å². The van der Waals surface area contributed by atoms with Crippen LogP contribution in [0.5, 0.6) is 0 Å². The molecule has 6 heteroatoms. The molecule has 0 saturated heterocycles. The van der Waals surface area contributed by atoms with Crippen LogP contribution in [0.1, 0.15) is 16.6 Å². The lowest BCUT2D eigenvalue weighted by Crippen LogP contribution is -2.11. The molecule has 1 rings (SSSR count). The quantitative estimate of drug-likeness (QED) is 0.764. The van der Waals surface area contributed by atoms with Gasteiger partial charge in [0.1, 0.15) is 0 Å². The predicted octanol–water partition coefficient (Wildman–Crippen LogP) is 1.53. The molecule has 78 valence electrons. The van der Waals surface area contributed by atoms with Gasteiger partial charge in [-0.3, -0.25) is 4.55 Å². The van der Waals surface area contributed by atoms with E-state index in [0.29, 0.717) is 5.02 Å². The first-order chi connectivity index (χ1) is 6.32. The van der Waals surface area contributed by atoms with Crippen LogP contribution < -0.4 is 0 Å². The van der Waals surface area contributed by atoms with Crippen LogP contribution in [0.15, 0.2) is 18.2 Å². The SMILES string of the molecule is Cc1ccc(C(O)S(=O)(=O)O)cc1Cl. The summed E-state index contributed by atoms with van der Waals surface area (Å²) in [5, 5.41) is 9.51. The lowest BCUT2D eigenvalue weighted by atomic mass is 10.2. The molecule has 0 fully saturated rings. The van der Waals surface area contributed by atoms with Crippen molar-refractivity contribution in [1.29, 1.82) is 0 Å². The van der Waals surface area contributed by atoms with E-state index < -0.39 is 15.6 Å². The number of hydrogen-bond donors (Lipinski definition) is 2. The van der Waals surface area contributed by atoms with Crippen molar-refractivity contribution in [2.75, 3.05) is 0 Å². The number of aliphatic hydroxyl groups is 1. The Morgan fingerprint density at radius 3 is 2.43 bits per heavy atom. The Labute approximate surface area is 86.9 Å². The normalized spacial score (nSPS) is 14.0. The molecule has 0 aromatic heterocycles. The molecule has 0 aliphatic carbocycles. The van der Waals surface area contributed by atoms with Gasteiger partial charge in [-0.2, -0.15) is 8.42 Å². The van der Waals surface area contributed by atoms with Crippen molar-refractivity contribution in [2.45, 2.75) is 12.4 Å². The van der Waals surface area contributed by atoms with E-state index in [1.54, 1.807) is 13.0 Å². The molecule has 0 radical (unpaired) electrons. The summed E-state index contributed by atoms with van der Waals surface area (Å²) in [5.41, 5.74) is -1.14. The number of rotatable bonds is 2. The van der Waals surface area contributed by atoms with Crippen LogP contribution >= 0.6 is 11.6 Å². The Kier molecular flexibility index (Phi) is 3.16. The van der Waals surface area contributed by atoms with Crippen molar-refractivity contribution in [3.05, 3.63) is 34.3 Å². The number of hydrogen-bond acceptors (Lipinski definition) is 3. The summed E-state index contributed by atoms with van der Waals surface area (Å²) in [7, 11) is -4.49. The molecule has 4 nitrogen and oxygen atoms in total. The van der Waals surface area contributed by atoms with E-state index in [-0.39, 0.29) is 5.56 Å². The Bertz CT molecular complexity index is 441. The first-order valence-electron chi connectivity index (χ1n) is 3.73. The molecule has 0 bridgehead atoms. The van der Waals surface area contributed by atoms with E-state index in [4.69, 9.17) is 16.2 Å². The third-order valence-corrected chi connectivity index (χ3v) is 3.01. The topological polar surface area (TPSA) is 74.6 Å². The molecule has 0 aliphatic heterocycles. The molecule has 0 aliphatic rings. The molecular formula is C8H9ClO4S. The lowest BCUT2D eigenvalue weighted by molar-refractivity contribution is 0.238. The van der Waals surface area contributed by atoms with Gasteiger partial charge < -0.3 is 5.11 Å². The largest absolute Gasteiger partial charge is 0.371 e. The van der Waals surface area contributed by atoms with Crippen molar-refractivity contribution in [2.24, 2.45) is 0 Å². The van der Waals surface area contributed by atoms with Crippen LogP contribution in [-0.2, 0) is 10.1 Å². The Balaban J connectivity index is 3.16. The van der Waals surface area contributed by atoms with Gasteiger partial charge in [0.05, 0.1) is 0 Å². The van der Waals surface area contributed by atoms with Gasteiger partial charge in [0.15, 0.2) is 0 Å². The number of halogens is 1. The van der Waals surface area contributed by atoms with E-state index in [9.17, 15) is 13.5 Å². The zero-order valence-corrected chi connectivity index (χ0v) is 8.88. The average Bonchev–Trinajstić information content (AvgIpc) is 2.07. The molecule has 1 unspecified atom stereocenters. The van der Waals surface area contributed by atoms with Crippen LogP contribution in [0.25, 0.3) is 0 Å². The summed E-state index contributed by atoms with van der Waals surface area (Å²) in [6.45, 7) is 1.74. The summed E-state index contributed by atoms with van der Waals surface area (Å²) < 4.78 is 29.8. The smallest absolute Gasteiger partial charge is 0.296 e. The first-order valence-corrected chi connectivity index (χ1v) is 5.61. The third-order valence-electron chi connectivity index (χ3n) is 1.76. The van der Waals surface area contributed by atoms with Crippen LogP contribution in [0.4, 0.5) is 0 Å². The van der Waals surface area contributed by atoms with Gasteiger partial charge in [-0.15, -0.1) is 0 Å². The fraction of sp³-hybridized carbons (Fsp3) is 0.250. The zero-order chi connectivity index (χ0) is 10.9. The first kappa shape index (κ1) is 11.5. The number of benzene rings is 1. The van der Waals surface area contributed by atoms with Gasteiger partial charge >= 0.3 is 0 Å². The Morgan fingerprint density at radius 2 is 2.00 bits per heavy atom. The molecule has 0 spiro atoms. The maximum atomic E-state index is 10.6. The van der Waals surface area contributed by atoms with Gasteiger partial charge in [0, 0.05) is 5.02 Å². The van der Waals surface area contributed by atoms with Gasteiger partial charge in [0.2, 0.25) is 5.44 Å². The summed E-state index contributed by atoms with van der Waals surface area (Å²) in [5.74, 6) is 0. The van der Waals surface area contributed by atoms with Gasteiger partial charge in [-0.05, 0) is 24.1 Å². The molecule has 1 atom stereocenters. The highest BCUT2D eigenvalue weighted by Crippen LogP contribution is 2.23. The molecule has 0 amide bonds. The summed E-state index contributed by atoms with van der Waals surface area (Å²) >= 11 is 5.72. The fourth-order valence-corrected chi connectivity index (χ4v) is 1.61. The molecule has 1 aromatic carbocycles. The second-order valence-corrected chi connectivity index (χ2v) is 4.76.